The minimum absolute atomic E-state index is 0.0996. The lowest BCUT2D eigenvalue weighted by molar-refractivity contribution is -0.0154. The van der Waals surface area contributed by atoms with Gasteiger partial charge >= 0.3 is 0 Å². The van der Waals surface area contributed by atoms with Gasteiger partial charge in [-0.25, -0.2) is 0 Å². The van der Waals surface area contributed by atoms with Crippen molar-refractivity contribution < 1.29 is 28.9 Å². The second-order valence-electron chi connectivity index (χ2n) is 6.75. The van der Waals surface area contributed by atoms with Crippen molar-refractivity contribution in [1.82, 2.24) is 4.90 Å². The molecule has 2 aromatic rings. The number of carbonyl (C=O) groups excluding carboxylic acids is 2. The highest BCUT2D eigenvalue weighted by Crippen LogP contribution is 2.23. The number of aliphatic hydroxyl groups excluding tert-OH is 1. The van der Waals surface area contributed by atoms with Crippen molar-refractivity contribution in [2.24, 2.45) is 0 Å². The highest BCUT2D eigenvalue weighted by molar-refractivity contribution is 5.96. The molecule has 1 aliphatic heterocycles. The zero-order valence-corrected chi connectivity index (χ0v) is 16.3. The van der Waals surface area contributed by atoms with Gasteiger partial charge in [-0.1, -0.05) is 30.3 Å². The van der Waals surface area contributed by atoms with Gasteiger partial charge < -0.3 is 24.2 Å². The van der Waals surface area contributed by atoms with E-state index in [1.807, 2.05) is 0 Å². The summed E-state index contributed by atoms with van der Waals surface area (Å²) in [5.74, 6) is 0.271. The zero-order chi connectivity index (χ0) is 20.6. The van der Waals surface area contributed by atoms with Crippen molar-refractivity contribution in [3.8, 4) is 5.75 Å². The predicted molar refractivity (Wildman–Crippen MR) is 106 cm³/mol. The number of hydrogen-bond acceptors (Lipinski definition) is 6. The summed E-state index contributed by atoms with van der Waals surface area (Å²) in [6, 6.07) is 13.6. The van der Waals surface area contributed by atoms with Gasteiger partial charge in [0.25, 0.3) is 5.91 Å². The van der Waals surface area contributed by atoms with Gasteiger partial charge in [-0.3, -0.25) is 9.59 Å². The van der Waals surface area contributed by atoms with Gasteiger partial charge in [-0.05, 0) is 23.8 Å². The van der Waals surface area contributed by atoms with Crippen LogP contribution in [0.4, 0.5) is 0 Å². The Morgan fingerprint density at radius 2 is 2.03 bits per heavy atom. The van der Waals surface area contributed by atoms with Gasteiger partial charge in [0.1, 0.15) is 18.5 Å². The minimum atomic E-state index is -0.893. The van der Waals surface area contributed by atoms with Crippen LogP contribution in [0.3, 0.4) is 0 Å². The maximum Gasteiger partial charge on any atom is 0.254 e. The topological polar surface area (TPSA) is 85.3 Å². The first-order valence-corrected chi connectivity index (χ1v) is 9.47. The number of nitrogens with zero attached hydrogens (tertiary/aromatic N) is 1. The van der Waals surface area contributed by atoms with Crippen molar-refractivity contribution in [2.75, 3.05) is 40.1 Å². The molecule has 1 N–H and O–H groups in total. The van der Waals surface area contributed by atoms with Crippen LogP contribution in [0.5, 0.6) is 5.75 Å². The number of aldehydes is 1. The SMILES string of the molecule is COCC(O)c1ccccc1C(=O)N1CCOC[C@H]1COc1ccccc1C=O. The van der Waals surface area contributed by atoms with Crippen molar-refractivity contribution >= 4 is 12.2 Å². The number of hydrogen-bond donors (Lipinski definition) is 1. The Bertz CT molecular complexity index is 840. The van der Waals surface area contributed by atoms with Gasteiger partial charge in [-0.15, -0.1) is 0 Å². The fraction of sp³-hybridized carbons (Fsp3) is 0.364. The predicted octanol–water partition coefficient (Wildman–Crippen LogP) is 2.10. The second-order valence-corrected chi connectivity index (χ2v) is 6.75. The number of morpholine rings is 1. The molecule has 154 valence electrons. The molecule has 0 aliphatic carbocycles. The molecule has 1 aliphatic rings. The van der Waals surface area contributed by atoms with Crippen molar-refractivity contribution in [2.45, 2.75) is 12.1 Å². The molecule has 1 unspecified atom stereocenters. The molecule has 1 amide bonds. The Balaban J connectivity index is 1.77. The van der Waals surface area contributed by atoms with E-state index in [-0.39, 0.29) is 25.2 Å². The second kappa shape index (κ2) is 10.2. The maximum atomic E-state index is 13.3. The average molecular weight is 399 g/mol. The number of amides is 1. The van der Waals surface area contributed by atoms with E-state index in [1.54, 1.807) is 53.4 Å². The lowest BCUT2D eigenvalue weighted by Crippen LogP contribution is -2.51. The molecule has 2 atom stereocenters. The quantitative estimate of drug-likeness (QED) is 0.685. The first-order valence-electron chi connectivity index (χ1n) is 9.47. The third kappa shape index (κ3) is 5.00. The van der Waals surface area contributed by atoms with Crippen LogP contribution in [-0.2, 0) is 9.47 Å². The fourth-order valence-electron chi connectivity index (χ4n) is 3.34. The number of para-hydroxylation sites is 1. The molecule has 1 heterocycles. The van der Waals surface area contributed by atoms with Gasteiger partial charge in [0.15, 0.2) is 6.29 Å². The van der Waals surface area contributed by atoms with Crippen molar-refractivity contribution in [3.05, 3.63) is 65.2 Å². The highest BCUT2D eigenvalue weighted by atomic mass is 16.5. The van der Waals surface area contributed by atoms with Crippen LogP contribution < -0.4 is 4.74 Å². The summed E-state index contributed by atoms with van der Waals surface area (Å²) in [4.78, 5) is 26.2. The summed E-state index contributed by atoms with van der Waals surface area (Å²) < 4.78 is 16.4. The molecule has 1 saturated heterocycles. The molecule has 1 fully saturated rings. The lowest BCUT2D eigenvalue weighted by atomic mass is 10.0. The lowest BCUT2D eigenvalue weighted by Gasteiger charge is -2.36. The van der Waals surface area contributed by atoms with E-state index >= 15 is 0 Å². The van der Waals surface area contributed by atoms with E-state index in [4.69, 9.17) is 14.2 Å². The summed E-state index contributed by atoms with van der Waals surface area (Å²) in [6.07, 6.45) is -0.154. The molecule has 0 bridgehead atoms. The summed E-state index contributed by atoms with van der Waals surface area (Å²) in [6.45, 7) is 1.46. The van der Waals surface area contributed by atoms with Crippen LogP contribution in [0, 0.1) is 0 Å². The van der Waals surface area contributed by atoms with E-state index in [9.17, 15) is 14.7 Å². The van der Waals surface area contributed by atoms with Crippen LogP contribution in [-0.4, -0.2) is 68.3 Å². The van der Waals surface area contributed by atoms with Crippen LogP contribution in [0.1, 0.15) is 32.4 Å². The van der Waals surface area contributed by atoms with Gasteiger partial charge in [0.05, 0.1) is 31.4 Å². The smallest absolute Gasteiger partial charge is 0.254 e. The van der Waals surface area contributed by atoms with E-state index in [0.29, 0.717) is 42.2 Å². The Morgan fingerprint density at radius 1 is 1.28 bits per heavy atom. The van der Waals surface area contributed by atoms with Gasteiger partial charge in [0, 0.05) is 19.2 Å². The van der Waals surface area contributed by atoms with E-state index in [1.165, 1.54) is 7.11 Å². The van der Waals surface area contributed by atoms with E-state index < -0.39 is 6.10 Å². The highest BCUT2D eigenvalue weighted by Gasteiger charge is 2.30. The Kier molecular flexibility index (Phi) is 7.35. The molecule has 3 rings (SSSR count). The Hall–Kier alpha value is -2.74. The molecular weight excluding hydrogens is 374 g/mol. The summed E-state index contributed by atoms with van der Waals surface area (Å²) in [7, 11) is 1.50. The third-order valence-electron chi connectivity index (χ3n) is 4.84. The third-order valence-corrected chi connectivity index (χ3v) is 4.84. The molecule has 2 aromatic carbocycles. The van der Waals surface area contributed by atoms with Crippen LogP contribution in [0.15, 0.2) is 48.5 Å². The van der Waals surface area contributed by atoms with Gasteiger partial charge in [0.2, 0.25) is 0 Å². The van der Waals surface area contributed by atoms with Crippen molar-refractivity contribution in [1.29, 1.82) is 0 Å². The molecule has 0 radical (unpaired) electrons. The normalized spacial score (nSPS) is 17.6. The monoisotopic (exact) mass is 399 g/mol. The molecule has 7 heteroatoms. The summed E-state index contributed by atoms with van der Waals surface area (Å²) >= 11 is 0. The van der Waals surface area contributed by atoms with Gasteiger partial charge in [-0.2, -0.15) is 0 Å². The largest absolute Gasteiger partial charge is 0.491 e. The number of methoxy groups -OCH3 is 1. The van der Waals surface area contributed by atoms with Crippen LogP contribution in [0.25, 0.3) is 0 Å². The first kappa shape index (κ1) is 21.0. The Labute approximate surface area is 169 Å². The number of aliphatic hydroxyl groups is 1. The molecular formula is C22H25NO6. The number of carbonyl (C=O) groups is 2. The average Bonchev–Trinajstić information content (AvgIpc) is 2.77. The Morgan fingerprint density at radius 3 is 2.83 bits per heavy atom. The molecule has 0 aromatic heterocycles. The van der Waals surface area contributed by atoms with Crippen LogP contribution in [0.2, 0.25) is 0 Å². The molecule has 0 saturated carbocycles. The summed E-state index contributed by atoms with van der Waals surface area (Å²) in [5.41, 5.74) is 1.41. The summed E-state index contributed by atoms with van der Waals surface area (Å²) in [5, 5.41) is 10.3. The minimum Gasteiger partial charge on any atom is -0.491 e. The molecule has 29 heavy (non-hydrogen) atoms. The fourth-order valence-corrected chi connectivity index (χ4v) is 3.34. The molecule has 0 spiro atoms. The van der Waals surface area contributed by atoms with E-state index in [0.717, 1.165) is 6.29 Å². The number of rotatable bonds is 8. The maximum absolute atomic E-state index is 13.3. The standard InChI is InChI=1S/C22H25NO6/c1-27-15-20(25)18-7-3-4-8-19(18)22(26)23-10-11-28-13-17(23)14-29-21-9-5-2-6-16(21)12-24/h2-9,12,17,20,25H,10-11,13-15H2,1H3/t17-,20?/m0/s1. The van der Waals surface area contributed by atoms with E-state index in [2.05, 4.69) is 0 Å². The first-order chi connectivity index (χ1) is 14.2. The number of ether oxygens (including phenoxy) is 3. The zero-order valence-electron chi connectivity index (χ0n) is 16.3. The van der Waals surface area contributed by atoms with Crippen LogP contribution >= 0.6 is 0 Å². The van der Waals surface area contributed by atoms with Crippen molar-refractivity contribution in [3.63, 3.8) is 0 Å². The molecule has 7 nitrogen and oxygen atoms in total. The number of benzene rings is 2.